The minimum atomic E-state index is -0.848. The quantitative estimate of drug-likeness (QED) is 0.217. The summed E-state index contributed by atoms with van der Waals surface area (Å²) in [6, 6.07) is 24.0. The summed E-state index contributed by atoms with van der Waals surface area (Å²) in [6.45, 7) is 2.67. The molecule has 2 N–H and O–H groups in total. The highest BCUT2D eigenvalue weighted by atomic mass is 16.5. The summed E-state index contributed by atoms with van der Waals surface area (Å²) in [6.07, 6.45) is 3.97. The maximum Gasteiger partial charge on any atom is 0.303 e. The number of amides is 1. The van der Waals surface area contributed by atoms with E-state index in [9.17, 15) is 9.59 Å². The first-order chi connectivity index (χ1) is 19.5. The van der Waals surface area contributed by atoms with E-state index >= 15 is 0 Å². The zero-order chi connectivity index (χ0) is 27.9. The van der Waals surface area contributed by atoms with Crippen molar-refractivity contribution in [1.29, 1.82) is 0 Å². The number of carbonyl (C=O) groups excluding carboxylic acids is 1. The lowest BCUT2D eigenvalue weighted by atomic mass is 9.85. The Morgan fingerprint density at radius 2 is 1.68 bits per heavy atom. The van der Waals surface area contributed by atoms with Gasteiger partial charge in [-0.25, -0.2) is 4.98 Å². The Bertz CT molecular complexity index is 1460. The van der Waals surface area contributed by atoms with Crippen LogP contribution < -0.4 is 10.1 Å². The molecule has 7 heteroatoms. The molecule has 206 valence electrons. The lowest BCUT2D eigenvalue weighted by Crippen LogP contribution is -2.34. The summed E-state index contributed by atoms with van der Waals surface area (Å²) in [4.78, 5) is 28.2. The molecule has 40 heavy (non-hydrogen) atoms. The number of hydrogen-bond donors (Lipinski definition) is 2. The zero-order valence-corrected chi connectivity index (χ0v) is 22.7. The average molecular weight is 539 g/mol. The van der Waals surface area contributed by atoms with Gasteiger partial charge in [0.1, 0.15) is 11.5 Å². The molecule has 0 radical (unpaired) electrons. The number of carbonyl (C=O) groups is 2. The van der Waals surface area contributed by atoms with Crippen molar-refractivity contribution in [1.82, 2.24) is 10.3 Å². The molecule has 1 fully saturated rings. The van der Waals surface area contributed by atoms with Crippen molar-refractivity contribution in [2.75, 3.05) is 6.61 Å². The SMILES string of the molecule is Cc1oc(-c2ccc(-c3ccccc3)cc2)nc1CCOc1ccc(CCC(=O)O)c(CNC(=O)C2CCC2)c1. The van der Waals surface area contributed by atoms with E-state index in [2.05, 4.69) is 29.6 Å². The number of oxazole rings is 1. The molecule has 3 aromatic carbocycles. The van der Waals surface area contributed by atoms with Gasteiger partial charge in [0.15, 0.2) is 0 Å². The van der Waals surface area contributed by atoms with Crippen LogP contribution in [0.5, 0.6) is 5.75 Å². The maximum absolute atomic E-state index is 12.4. The van der Waals surface area contributed by atoms with E-state index in [1.807, 2.05) is 55.5 Å². The highest BCUT2D eigenvalue weighted by Gasteiger charge is 2.25. The fourth-order valence-corrected chi connectivity index (χ4v) is 4.82. The number of aromatic nitrogens is 1. The van der Waals surface area contributed by atoms with Crippen molar-refractivity contribution in [2.24, 2.45) is 5.92 Å². The molecule has 5 rings (SSSR count). The second-order valence-corrected chi connectivity index (χ2v) is 10.2. The molecule has 0 saturated heterocycles. The van der Waals surface area contributed by atoms with Crippen molar-refractivity contribution >= 4 is 11.9 Å². The van der Waals surface area contributed by atoms with Crippen molar-refractivity contribution in [2.45, 2.75) is 52.0 Å². The van der Waals surface area contributed by atoms with Crippen LogP contribution in [0.3, 0.4) is 0 Å². The van der Waals surface area contributed by atoms with Crippen LogP contribution in [0.1, 0.15) is 48.3 Å². The number of hydrogen-bond acceptors (Lipinski definition) is 5. The van der Waals surface area contributed by atoms with Crippen molar-refractivity contribution in [3.05, 3.63) is 95.4 Å². The number of carboxylic acids is 1. The number of benzene rings is 3. The third-order valence-corrected chi connectivity index (χ3v) is 7.45. The number of carboxylic acid groups (broad SMARTS) is 1. The molecule has 1 saturated carbocycles. The van der Waals surface area contributed by atoms with Crippen molar-refractivity contribution < 1.29 is 23.8 Å². The molecule has 0 aliphatic heterocycles. The summed E-state index contributed by atoms with van der Waals surface area (Å²) < 4.78 is 12.0. The molecule has 7 nitrogen and oxygen atoms in total. The Morgan fingerprint density at radius 1 is 0.950 bits per heavy atom. The lowest BCUT2D eigenvalue weighted by Gasteiger charge is -2.24. The van der Waals surface area contributed by atoms with E-state index in [1.165, 1.54) is 0 Å². The molecule has 1 heterocycles. The van der Waals surface area contributed by atoms with E-state index in [-0.39, 0.29) is 18.2 Å². The summed E-state index contributed by atoms with van der Waals surface area (Å²) in [5.74, 6) is 1.32. The molecule has 4 aromatic rings. The van der Waals surface area contributed by atoms with Gasteiger partial charge in [-0.05, 0) is 72.7 Å². The fourth-order valence-electron chi connectivity index (χ4n) is 4.82. The van der Waals surface area contributed by atoms with Gasteiger partial charge in [-0.1, -0.05) is 55.0 Å². The van der Waals surface area contributed by atoms with E-state index in [0.717, 1.165) is 58.5 Å². The van der Waals surface area contributed by atoms with Crippen LogP contribution in [0.2, 0.25) is 0 Å². The molecule has 1 aliphatic carbocycles. The van der Waals surface area contributed by atoms with Gasteiger partial charge in [0.05, 0.1) is 12.3 Å². The number of nitrogens with zero attached hydrogens (tertiary/aromatic N) is 1. The van der Waals surface area contributed by atoms with Gasteiger partial charge in [0, 0.05) is 30.9 Å². The number of rotatable bonds is 12. The predicted molar refractivity (Wildman–Crippen MR) is 153 cm³/mol. The summed E-state index contributed by atoms with van der Waals surface area (Å²) >= 11 is 0. The van der Waals surface area contributed by atoms with Gasteiger partial charge in [-0.15, -0.1) is 0 Å². The maximum atomic E-state index is 12.4. The van der Waals surface area contributed by atoms with E-state index in [1.54, 1.807) is 0 Å². The molecular weight excluding hydrogens is 504 g/mol. The van der Waals surface area contributed by atoms with E-state index in [0.29, 0.717) is 37.6 Å². The summed E-state index contributed by atoms with van der Waals surface area (Å²) in [5.41, 5.74) is 5.84. The Hall–Kier alpha value is -4.39. The highest BCUT2D eigenvalue weighted by molar-refractivity contribution is 5.79. The predicted octanol–water partition coefficient (Wildman–Crippen LogP) is 6.37. The van der Waals surface area contributed by atoms with Gasteiger partial charge < -0.3 is 19.6 Å². The highest BCUT2D eigenvalue weighted by Crippen LogP contribution is 2.28. The third-order valence-electron chi connectivity index (χ3n) is 7.45. The van der Waals surface area contributed by atoms with Gasteiger partial charge in [-0.2, -0.15) is 0 Å². The first-order valence-corrected chi connectivity index (χ1v) is 13.8. The molecule has 1 aliphatic rings. The van der Waals surface area contributed by atoms with Crippen molar-refractivity contribution in [3.63, 3.8) is 0 Å². The molecule has 0 unspecified atom stereocenters. The second kappa shape index (κ2) is 12.6. The van der Waals surface area contributed by atoms with Crippen LogP contribution in [0.4, 0.5) is 0 Å². The molecule has 1 amide bonds. The summed E-state index contributed by atoms with van der Waals surface area (Å²) in [5, 5.41) is 12.1. The smallest absolute Gasteiger partial charge is 0.303 e. The van der Waals surface area contributed by atoms with Crippen LogP contribution in [0.15, 0.2) is 77.2 Å². The minimum absolute atomic E-state index is 0.0343. The van der Waals surface area contributed by atoms with E-state index in [4.69, 9.17) is 19.2 Å². The lowest BCUT2D eigenvalue weighted by molar-refractivity contribution is -0.137. The zero-order valence-electron chi connectivity index (χ0n) is 22.7. The van der Waals surface area contributed by atoms with Crippen molar-refractivity contribution in [3.8, 4) is 28.3 Å². The normalized spacial score (nSPS) is 13.0. The minimum Gasteiger partial charge on any atom is -0.493 e. The van der Waals surface area contributed by atoms with Crippen LogP contribution in [0, 0.1) is 12.8 Å². The molecular formula is C33H34N2O5. The first-order valence-electron chi connectivity index (χ1n) is 13.8. The monoisotopic (exact) mass is 538 g/mol. The molecule has 0 spiro atoms. The van der Waals surface area contributed by atoms with Crippen LogP contribution in [-0.4, -0.2) is 28.6 Å². The Morgan fingerprint density at radius 3 is 2.38 bits per heavy atom. The van der Waals surface area contributed by atoms with E-state index < -0.39 is 5.97 Å². The number of nitrogens with one attached hydrogen (secondary N) is 1. The van der Waals surface area contributed by atoms with Crippen LogP contribution in [-0.2, 0) is 29.0 Å². The Labute approximate surface area is 234 Å². The fraction of sp³-hybridized carbons (Fsp3) is 0.303. The Kier molecular flexibility index (Phi) is 8.59. The number of aryl methyl sites for hydroxylation is 2. The van der Waals surface area contributed by atoms with Crippen LogP contribution >= 0.6 is 0 Å². The van der Waals surface area contributed by atoms with Gasteiger partial charge >= 0.3 is 5.97 Å². The molecule has 1 aromatic heterocycles. The standard InChI is InChI=1S/C33H34N2O5/c1-22-30(35-33(40-22)27-12-10-24(11-13-27)23-6-3-2-4-7-23)18-19-39-29-16-14-25(15-17-31(36)37)28(20-29)21-34-32(38)26-8-5-9-26/h2-4,6-7,10-14,16,20,26H,5,8-9,15,17-19,21H2,1H3,(H,34,38)(H,36,37). The Balaban J connectivity index is 1.21. The number of aliphatic carboxylic acids is 1. The average Bonchev–Trinajstić information content (AvgIpc) is 3.31. The van der Waals surface area contributed by atoms with Crippen LogP contribution in [0.25, 0.3) is 22.6 Å². The van der Waals surface area contributed by atoms with Gasteiger partial charge in [0.2, 0.25) is 11.8 Å². The van der Waals surface area contributed by atoms with Gasteiger partial charge in [0.25, 0.3) is 0 Å². The number of ether oxygens (including phenoxy) is 1. The molecule has 0 atom stereocenters. The largest absolute Gasteiger partial charge is 0.493 e. The van der Waals surface area contributed by atoms with Gasteiger partial charge in [-0.3, -0.25) is 9.59 Å². The molecule has 0 bridgehead atoms. The summed E-state index contributed by atoms with van der Waals surface area (Å²) in [7, 11) is 0. The topological polar surface area (TPSA) is 102 Å². The first kappa shape index (κ1) is 27.2. The third kappa shape index (κ3) is 6.78. The second-order valence-electron chi connectivity index (χ2n) is 10.2.